The van der Waals surface area contributed by atoms with E-state index in [1.165, 1.54) is 6.42 Å². The summed E-state index contributed by atoms with van der Waals surface area (Å²) in [7, 11) is 0. The number of hydrogen-bond acceptors (Lipinski definition) is 1. The molecule has 0 aliphatic rings. The molecule has 0 N–H and O–H groups in total. The van der Waals surface area contributed by atoms with Gasteiger partial charge in [-0.15, -0.1) is 0 Å². The molecule has 0 spiro atoms. The summed E-state index contributed by atoms with van der Waals surface area (Å²) in [5, 5.41) is 0. The maximum Gasteiger partial charge on any atom is 1.00 e. The van der Waals surface area contributed by atoms with Gasteiger partial charge in [-0.2, -0.15) is 6.42 Å². The molecular formula is C4H9AuS. The average Bonchev–Trinajstić information content (AvgIpc) is 1.41. The monoisotopic (exact) mass is 286 g/mol. The van der Waals surface area contributed by atoms with E-state index in [9.17, 15) is 0 Å². The molecule has 0 heterocycles. The molecule has 2 heteroatoms. The van der Waals surface area contributed by atoms with Gasteiger partial charge in [0.2, 0.25) is 0 Å². The normalized spacial score (nSPS) is 7.00. The Bertz CT molecular complexity index is 15.0. The third-order valence-corrected chi connectivity index (χ3v) is 0.676. The molecule has 0 aromatic heterocycles. The fourth-order valence-corrected chi connectivity index (χ4v) is 0.387. The van der Waals surface area contributed by atoms with Gasteiger partial charge in [0.15, 0.2) is 0 Å². The van der Waals surface area contributed by atoms with Crippen LogP contribution >= 0.6 is 12.6 Å². The van der Waals surface area contributed by atoms with Crippen LogP contribution in [-0.2, 0) is 22.4 Å². The molecule has 42 valence electrons. The van der Waals surface area contributed by atoms with Crippen molar-refractivity contribution in [1.82, 2.24) is 0 Å². The first-order valence-electron chi connectivity index (χ1n) is 1.87. The van der Waals surface area contributed by atoms with E-state index in [4.69, 9.17) is 0 Å². The minimum Gasteiger partial charge on any atom is -0.369 e. The molecule has 0 radical (unpaired) electrons. The van der Waals surface area contributed by atoms with Crippen LogP contribution in [0.15, 0.2) is 0 Å². The third kappa shape index (κ3) is 8.92. The quantitative estimate of drug-likeness (QED) is 0.447. The second-order valence-electron chi connectivity index (χ2n) is 0.971. The first kappa shape index (κ1) is 10.1. The molecule has 0 bridgehead atoms. The van der Waals surface area contributed by atoms with E-state index in [0.29, 0.717) is 0 Å². The molecule has 0 nitrogen and oxygen atoms in total. The molecule has 0 unspecified atom stereocenters. The van der Waals surface area contributed by atoms with Crippen LogP contribution in [0.3, 0.4) is 0 Å². The molecule has 0 fully saturated rings. The Labute approximate surface area is 60.6 Å². The SMILES string of the molecule is CCC[CH-]S.[Au+]. The fraction of sp³-hybridized carbons (Fsp3) is 0.750. The van der Waals surface area contributed by atoms with Gasteiger partial charge in [-0.3, -0.25) is 5.75 Å². The summed E-state index contributed by atoms with van der Waals surface area (Å²) in [6.07, 6.45) is 2.34. The van der Waals surface area contributed by atoms with Gasteiger partial charge in [-0.05, 0) is 0 Å². The van der Waals surface area contributed by atoms with Crippen molar-refractivity contribution in [3.63, 3.8) is 0 Å². The fourth-order valence-electron chi connectivity index (χ4n) is 0.129. The van der Waals surface area contributed by atoms with Gasteiger partial charge < -0.3 is 12.6 Å². The Hall–Kier alpha value is 1.09. The van der Waals surface area contributed by atoms with Crippen LogP contribution in [0.1, 0.15) is 19.8 Å². The predicted molar refractivity (Wildman–Crippen MR) is 28.2 cm³/mol. The van der Waals surface area contributed by atoms with E-state index >= 15 is 0 Å². The molecule has 0 aliphatic carbocycles. The van der Waals surface area contributed by atoms with Crippen molar-refractivity contribution in [3.05, 3.63) is 5.75 Å². The average molecular weight is 286 g/mol. The van der Waals surface area contributed by atoms with Gasteiger partial charge in [0, 0.05) is 0 Å². The van der Waals surface area contributed by atoms with E-state index in [-0.39, 0.29) is 22.4 Å². The van der Waals surface area contributed by atoms with E-state index in [1.54, 1.807) is 0 Å². The van der Waals surface area contributed by atoms with Crippen molar-refractivity contribution in [2.24, 2.45) is 0 Å². The first-order valence-corrected chi connectivity index (χ1v) is 2.39. The zero-order valence-electron chi connectivity index (χ0n) is 3.74. The summed E-state index contributed by atoms with van der Waals surface area (Å²) in [5.41, 5.74) is 0. The Morgan fingerprint density at radius 1 is 1.67 bits per heavy atom. The molecule has 0 saturated carbocycles. The van der Waals surface area contributed by atoms with Crippen LogP contribution in [0.25, 0.3) is 0 Å². The second kappa shape index (κ2) is 9.43. The Kier molecular flexibility index (Phi) is 16.0. The van der Waals surface area contributed by atoms with Crippen molar-refractivity contribution < 1.29 is 22.4 Å². The number of unbranched alkanes of at least 4 members (excludes halogenated alkanes) is 1. The van der Waals surface area contributed by atoms with E-state index in [1.807, 2.05) is 5.75 Å². The van der Waals surface area contributed by atoms with Gasteiger partial charge in [0.25, 0.3) is 0 Å². The van der Waals surface area contributed by atoms with Crippen LogP contribution in [0.2, 0.25) is 0 Å². The largest absolute Gasteiger partial charge is 1.00 e. The smallest absolute Gasteiger partial charge is 0.369 e. The Morgan fingerprint density at radius 3 is 2.17 bits per heavy atom. The molecule has 0 saturated heterocycles. The molecule has 0 aromatic rings. The summed E-state index contributed by atoms with van der Waals surface area (Å²) in [4.78, 5) is 0. The third-order valence-electron chi connectivity index (χ3n) is 0.418. The molecule has 0 rings (SSSR count). The van der Waals surface area contributed by atoms with Crippen LogP contribution in [0.5, 0.6) is 0 Å². The van der Waals surface area contributed by atoms with Crippen molar-refractivity contribution in [3.8, 4) is 0 Å². The molecule has 0 amide bonds. The number of rotatable bonds is 2. The van der Waals surface area contributed by atoms with E-state index < -0.39 is 0 Å². The molecule has 6 heavy (non-hydrogen) atoms. The van der Waals surface area contributed by atoms with Gasteiger partial charge in [0.05, 0.1) is 0 Å². The topological polar surface area (TPSA) is 0 Å². The number of hydrogen-bond donors (Lipinski definition) is 1. The summed E-state index contributed by atoms with van der Waals surface area (Å²) < 4.78 is 0. The molecule has 0 aromatic carbocycles. The van der Waals surface area contributed by atoms with Crippen LogP contribution in [0.4, 0.5) is 0 Å². The number of thiol groups is 1. The summed E-state index contributed by atoms with van der Waals surface area (Å²) in [6.45, 7) is 2.13. The zero-order valence-corrected chi connectivity index (χ0v) is 6.80. The van der Waals surface area contributed by atoms with Gasteiger partial charge in [0.1, 0.15) is 0 Å². The van der Waals surface area contributed by atoms with Gasteiger partial charge in [-0.25, -0.2) is 0 Å². The second-order valence-corrected chi connectivity index (χ2v) is 1.34. The van der Waals surface area contributed by atoms with Crippen LogP contribution in [-0.4, -0.2) is 0 Å². The van der Waals surface area contributed by atoms with E-state index in [0.717, 1.165) is 6.42 Å². The maximum absolute atomic E-state index is 3.88. The molecule has 0 aliphatic heterocycles. The maximum atomic E-state index is 3.88. The Balaban J connectivity index is 0. The first-order chi connectivity index (χ1) is 2.41. The molecule has 0 atom stereocenters. The molecular weight excluding hydrogens is 277 g/mol. The predicted octanol–water partition coefficient (Wildman–Crippen LogP) is 1.88. The van der Waals surface area contributed by atoms with Crippen molar-refractivity contribution in [1.29, 1.82) is 0 Å². The zero-order chi connectivity index (χ0) is 4.12. The van der Waals surface area contributed by atoms with Crippen molar-refractivity contribution in [2.75, 3.05) is 0 Å². The van der Waals surface area contributed by atoms with Crippen LogP contribution < -0.4 is 0 Å². The minimum atomic E-state index is 0. The van der Waals surface area contributed by atoms with Crippen LogP contribution in [0, 0.1) is 5.75 Å². The van der Waals surface area contributed by atoms with Gasteiger partial charge >= 0.3 is 22.4 Å². The standard InChI is InChI=1S/C4H9S.Au/c1-2-3-4-5;/h4-5H,2-3H2,1H3;/q-1;+1. The van der Waals surface area contributed by atoms with E-state index in [2.05, 4.69) is 19.6 Å². The Morgan fingerprint density at radius 2 is 2.17 bits per heavy atom. The van der Waals surface area contributed by atoms with Crippen molar-refractivity contribution >= 4 is 12.6 Å². The van der Waals surface area contributed by atoms with Crippen molar-refractivity contribution in [2.45, 2.75) is 19.8 Å². The van der Waals surface area contributed by atoms with Gasteiger partial charge in [-0.1, -0.05) is 13.3 Å². The summed E-state index contributed by atoms with van der Waals surface area (Å²) >= 11 is 3.88. The minimum absolute atomic E-state index is 0. The summed E-state index contributed by atoms with van der Waals surface area (Å²) in [5.74, 6) is 1.88. The summed E-state index contributed by atoms with van der Waals surface area (Å²) in [6, 6.07) is 0.